The molecule has 0 bridgehead atoms. The summed E-state index contributed by atoms with van der Waals surface area (Å²) in [5, 5.41) is 0. The number of benzene rings is 1. The first-order valence-corrected chi connectivity index (χ1v) is 7.78. The fraction of sp³-hybridized carbons (Fsp3) is 0.444. The van der Waals surface area contributed by atoms with Crippen LogP contribution in [0.15, 0.2) is 36.9 Å². The van der Waals surface area contributed by atoms with Crippen molar-refractivity contribution in [3.8, 4) is 0 Å². The van der Waals surface area contributed by atoms with E-state index in [0.29, 0.717) is 6.42 Å². The molecule has 1 aliphatic rings. The topological polar surface area (TPSA) is 38.1 Å². The number of fused-ring (bicyclic) bond motifs is 1. The number of aromatic nitrogens is 2. The summed E-state index contributed by atoms with van der Waals surface area (Å²) < 4.78 is 2.19. The molecule has 0 radical (unpaired) electrons. The van der Waals surface area contributed by atoms with Gasteiger partial charge in [-0.05, 0) is 32.9 Å². The van der Waals surface area contributed by atoms with Crippen molar-refractivity contribution in [1.29, 1.82) is 0 Å². The number of likely N-dealkylation sites (tertiary alicyclic amines) is 1. The number of carbonyl (C=O) groups excluding carboxylic acids is 1. The first kappa shape index (κ1) is 14.8. The van der Waals surface area contributed by atoms with Crippen LogP contribution in [0.2, 0.25) is 0 Å². The van der Waals surface area contributed by atoms with Crippen LogP contribution in [0.25, 0.3) is 11.0 Å². The summed E-state index contributed by atoms with van der Waals surface area (Å²) in [6, 6.07) is 8.12. The van der Waals surface area contributed by atoms with E-state index < -0.39 is 0 Å². The normalized spacial score (nSPS) is 19.1. The molecule has 4 heteroatoms. The Kier molecular flexibility index (Phi) is 3.55. The Morgan fingerprint density at radius 2 is 2.09 bits per heavy atom. The van der Waals surface area contributed by atoms with Crippen LogP contribution < -0.4 is 0 Å². The molecule has 1 saturated heterocycles. The highest BCUT2D eigenvalue weighted by Gasteiger charge is 2.38. The van der Waals surface area contributed by atoms with Gasteiger partial charge in [-0.3, -0.25) is 4.79 Å². The van der Waals surface area contributed by atoms with Crippen LogP contribution in [0.5, 0.6) is 0 Å². The van der Waals surface area contributed by atoms with Gasteiger partial charge in [0.25, 0.3) is 0 Å². The number of imidazole rings is 1. The number of nitrogens with zero attached hydrogens (tertiary/aromatic N) is 3. The summed E-state index contributed by atoms with van der Waals surface area (Å²) >= 11 is 0. The fourth-order valence-corrected chi connectivity index (χ4v) is 3.26. The Hall–Kier alpha value is -2.10. The molecular formula is C18H23N3O. The van der Waals surface area contributed by atoms with E-state index in [2.05, 4.69) is 38.0 Å². The van der Waals surface area contributed by atoms with Gasteiger partial charge in [0.2, 0.25) is 5.91 Å². The average molecular weight is 297 g/mol. The monoisotopic (exact) mass is 297 g/mol. The standard InChI is InChI=1S/C18H23N3O/c1-5-10-20-15-9-7-6-8-14(15)19-17(20)13-11-16(22)21(12-13)18(2,3)4/h5-9,13H,1,10-12H2,2-4H3/t13-/m0/s1. The lowest BCUT2D eigenvalue weighted by Crippen LogP contribution is -2.42. The SMILES string of the molecule is C=CCn1c([C@H]2CC(=O)N(C(C)(C)C)C2)nc2ccccc21. The Morgan fingerprint density at radius 3 is 2.73 bits per heavy atom. The highest BCUT2D eigenvalue weighted by Crippen LogP contribution is 2.33. The van der Waals surface area contributed by atoms with Crippen LogP contribution in [0, 0.1) is 0 Å². The van der Waals surface area contributed by atoms with Crippen LogP contribution in [0.1, 0.15) is 38.9 Å². The molecule has 1 aromatic carbocycles. The van der Waals surface area contributed by atoms with Crippen LogP contribution in [-0.4, -0.2) is 32.4 Å². The van der Waals surface area contributed by atoms with Gasteiger partial charge in [-0.1, -0.05) is 18.2 Å². The lowest BCUT2D eigenvalue weighted by molar-refractivity contribution is -0.131. The Bertz CT molecular complexity index is 723. The van der Waals surface area contributed by atoms with E-state index in [0.717, 1.165) is 29.9 Å². The molecule has 2 heterocycles. The van der Waals surface area contributed by atoms with E-state index in [1.165, 1.54) is 0 Å². The zero-order chi connectivity index (χ0) is 15.9. The summed E-state index contributed by atoms with van der Waals surface area (Å²) in [6.45, 7) is 11.6. The molecule has 1 aliphatic heterocycles. The second kappa shape index (κ2) is 5.27. The Balaban J connectivity index is 2.02. The molecule has 22 heavy (non-hydrogen) atoms. The molecular weight excluding hydrogens is 274 g/mol. The summed E-state index contributed by atoms with van der Waals surface area (Å²) in [5.74, 6) is 1.37. The van der Waals surface area contributed by atoms with Gasteiger partial charge in [0.1, 0.15) is 5.82 Å². The maximum absolute atomic E-state index is 12.4. The van der Waals surface area contributed by atoms with E-state index in [1.54, 1.807) is 0 Å². The first-order valence-electron chi connectivity index (χ1n) is 7.78. The maximum Gasteiger partial charge on any atom is 0.223 e. The largest absolute Gasteiger partial charge is 0.337 e. The zero-order valence-corrected chi connectivity index (χ0v) is 13.5. The molecule has 1 amide bonds. The predicted molar refractivity (Wildman–Crippen MR) is 88.8 cm³/mol. The fourth-order valence-electron chi connectivity index (χ4n) is 3.26. The molecule has 0 N–H and O–H groups in total. The molecule has 0 saturated carbocycles. The second-order valence-electron chi connectivity index (χ2n) is 6.93. The maximum atomic E-state index is 12.4. The lowest BCUT2D eigenvalue weighted by Gasteiger charge is -2.32. The summed E-state index contributed by atoms with van der Waals surface area (Å²) in [4.78, 5) is 19.1. The number of rotatable bonds is 3. The minimum absolute atomic E-state index is 0.138. The van der Waals surface area contributed by atoms with Crippen molar-refractivity contribution in [3.63, 3.8) is 0 Å². The van der Waals surface area contributed by atoms with E-state index in [-0.39, 0.29) is 17.4 Å². The Morgan fingerprint density at radius 1 is 1.36 bits per heavy atom. The van der Waals surface area contributed by atoms with E-state index >= 15 is 0 Å². The number of amides is 1. The molecule has 2 aromatic rings. The minimum atomic E-state index is -0.138. The summed E-state index contributed by atoms with van der Waals surface area (Å²) in [6.07, 6.45) is 2.42. The molecule has 3 rings (SSSR count). The predicted octanol–water partition coefficient (Wildman–Crippen LogP) is 3.34. The lowest BCUT2D eigenvalue weighted by atomic mass is 10.1. The van der Waals surface area contributed by atoms with Crippen molar-refractivity contribution in [2.75, 3.05) is 6.54 Å². The van der Waals surface area contributed by atoms with Crippen LogP contribution in [0.4, 0.5) is 0 Å². The third-order valence-corrected chi connectivity index (χ3v) is 4.30. The van der Waals surface area contributed by atoms with Crippen molar-refractivity contribution in [3.05, 3.63) is 42.7 Å². The van der Waals surface area contributed by atoms with Gasteiger partial charge in [0, 0.05) is 31.0 Å². The van der Waals surface area contributed by atoms with Gasteiger partial charge in [-0.25, -0.2) is 4.98 Å². The molecule has 1 fully saturated rings. The van der Waals surface area contributed by atoms with E-state index in [4.69, 9.17) is 4.98 Å². The van der Waals surface area contributed by atoms with Gasteiger partial charge in [-0.2, -0.15) is 0 Å². The molecule has 0 spiro atoms. The number of hydrogen-bond donors (Lipinski definition) is 0. The summed E-state index contributed by atoms with van der Waals surface area (Å²) in [7, 11) is 0. The van der Waals surface area contributed by atoms with Crippen molar-refractivity contribution in [2.45, 2.75) is 45.2 Å². The quantitative estimate of drug-likeness (QED) is 0.815. The first-order chi connectivity index (χ1) is 10.4. The van der Waals surface area contributed by atoms with Crippen molar-refractivity contribution >= 4 is 16.9 Å². The molecule has 1 aromatic heterocycles. The number of allylic oxidation sites excluding steroid dienone is 1. The molecule has 0 aliphatic carbocycles. The number of hydrogen-bond acceptors (Lipinski definition) is 2. The average Bonchev–Trinajstić information content (AvgIpc) is 3.00. The number of para-hydroxylation sites is 2. The van der Waals surface area contributed by atoms with Crippen molar-refractivity contribution < 1.29 is 4.79 Å². The van der Waals surface area contributed by atoms with Crippen LogP contribution in [0.3, 0.4) is 0 Å². The van der Waals surface area contributed by atoms with Crippen molar-refractivity contribution in [1.82, 2.24) is 14.5 Å². The second-order valence-corrected chi connectivity index (χ2v) is 6.93. The van der Waals surface area contributed by atoms with Gasteiger partial charge in [-0.15, -0.1) is 6.58 Å². The molecule has 4 nitrogen and oxygen atoms in total. The van der Waals surface area contributed by atoms with Gasteiger partial charge >= 0.3 is 0 Å². The minimum Gasteiger partial charge on any atom is -0.337 e. The van der Waals surface area contributed by atoms with Crippen LogP contribution >= 0.6 is 0 Å². The van der Waals surface area contributed by atoms with Crippen molar-refractivity contribution in [2.24, 2.45) is 0 Å². The Labute approximate surface area is 131 Å². The smallest absolute Gasteiger partial charge is 0.223 e. The summed E-state index contributed by atoms with van der Waals surface area (Å²) in [5.41, 5.74) is 1.96. The molecule has 116 valence electrons. The van der Waals surface area contributed by atoms with E-state index in [9.17, 15) is 4.79 Å². The third kappa shape index (κ3) is 2.43. The van der Waals surface area contributed by atoms with Crippen LogP contribution in [-0.2, 0) is 11.3 Å². The molecule has 1 atom stereocenters. The highest BCUT2D eigenvalue weighted by molar-refractivity contribution is 5.81. The highest BCUT2D eigenvalue weighted by atomic mass is 16.2. The third-order valence-electron chi connectivity index (χ3n) is 4.30. The molecule has 0 unspecified atom stereocenters. The zero-order valence-electron chi connectivity index (χ0n) is 13.5. The van der Waals surface area contributed by atoms with Gasteiger partial charge < -0.3 is 9.47 Å². The van der Waals surface area contributed by atoms with Gasteiger partial charge in [0.15, 0.2) is 0 Å². The van der Waals surface area contributed by atoms with Gasteiger partial charge in [0.05, 0.1) is 11.0 Å². The number of carbonyl (C=O) groups is 1. The van der Waals surface area contributed by atoms with E-state index in [1.807, 2.05) is 29.2 Å².